The number of carbonyl (C=O) groups excluding carboxylic acids is 1. The van der Waals surface area contributed by atoms with Crippen molar-refractivity contribution in [2.45, 2.75) is 13.5 Å². The Kier molecular flexibility index (Phi) is 7.66. The minimum absolute atomic E-state index is 0.167. The van der Waals surface area contributed by atoms with E-state index in [0.29, 0.717) is 24.5 Å². The molecule has 0 aliphatic rings. The second-order valence-corrected chi connectivity index (χ2v) is 9.20. The summed E-state index contributed by atoms with van der Waals surface area (Å²) in [6, 6.07) is 20.8. The molecule has 0 spiro atoms. The van der Waals surface area contributed by atoms with Crippen molar-refractivity contribution in [1.29, 1.82) is 0 Å². The van der Waals surface area contributed by atoms with Crippen LogP contribution in [0.15, 0.2) is 80.7 Å². The van der Waals surface area contributed by atoms with Crippen molar-refractivity contribution < 1.29 is 18.7 Å². The molecule has 0 saturated carbocycles. The molecule has 8 heteroatoms. The van der Waals surface area contributed by atoms with Gasteiger partial charge in [0.15, 0.2) is 5.76 Å². The first kappa shape index (κ1) is 23.3. The molecular weight excluding hydrogens is 599 g/mol. The van der Waals surface area contributed by atoms with Crippen LogP contribution < -0.4 is 14.9 Å². The number of halogens is 2. The summed E-state index contributed by atoms with van der Waals surface area (Å²) < 4.78 is 19.1. The predicted octanol–water partition coefficient (Wildman–Crippen LogP) is 6.54. The number of nitrogens with one attached hydrogen (secondary N) is 1. The van der Waals surface area contributed by atoms with Crippen molar-refractivity contribution in [3.8, 4) is 11.5 Å². The third-order valence-electron chi connectivity index (χ3n) is 4.67. The Morgan fingerprint density at radius 1 is 1.09 bits per heavy atom. The van der Waals surface area contributed by atoms with Crippen LogP contribution in [0.1, 0.15) is 28.6 Å². The lowest BCUT2D eigenvalue weighted by atomic mass is 10.2. The molecule has 1 aromatic heterocycles. The number of furan rings is 1. The SMILES string of the molecule is CCOc1ccc2oc(C(=O)N/N=C/c3cc(Br)ccc3OCc3ccc(I)cc3)cc2c1. The van der Waals surface area contributed by atoms with E-state index in [4.69, 9.17) is 13.9 Å². The second-order valence-electron chi connectivity index (χ2n) is 7.04. The average molecular weight is 619 g/mol. The number of benzene rings is 3. The highest BCUT2D eigenvalue weighted by molar-refractivity contribution is 14.1. The van der Waals surface area contributed by atoms with Crippen molar-refractivity contribution in [2.24, 2.45) is 5.10 Å². The van der Waals surface area contributed by atoms with Gasteiger partial charge in [0, 0.05) is 19.0 Å². The number of nitrogens with zero attached hydrogens (tertiary/aromatic N) is 1. The van der Waals surface area contributed by atoms with Crippen LogP contribution in [0.3, 0.4) is 0 Å². The summed E-state index contributed by atoms with van der Waals surface area (Å²) >= 11 is 5.73. The van der Waals surface area contributed by atoms with Gasteiger partial charge in [-0.2, -0.15) is 5.10 Å². The molecule has 0 aliphatic carbocycles. The molecule has 0 radical (unpaired) electrons. The fourth-order valence-electron chi connectivity index (χ4n) is 3.10. The standard InChI is InChI=1S/C25H20BrIN2O4/c1-2-31-21-8-10-23-17(12-21)13-24(33-23)25(30)29-28-14-18-11-19(26)5-9-22(18)32-15-16-3-6-20(27)7-4-16/h3-14H,2,15H2,1H3,(H,29,30)/b28-14+. The summed E-state index contributed by atoms with van der Waals surface area (Å²) in [4.78, 5) is 12.5. The molecule has 1 heterocycles. The lowest BCUT2D eigenvalue weighted by molar-refractivity contribution is 0.0929. The van der Waals surface area contributed by atoms with Crippen molar-refractivity contribution in [1.82, 2.24) is 5.43 Å². The molecule has 0 fully saturated rings. The zero-order valence-corrected chi connectivity index (χ0v) is 21.4. The van der Waals surface area contributed by atoms with Crippen LogP contribution in [-0.4, -0.2) is 18.7 Å². The number of rotatable bonds is 8. The largest absolute Gasteiger partial charge is 0.494 e. The van der Waals surface area contributed by atoms with E-state index in [1.807, 2.05) is 55.5 Å². The maximum absolute atomic E-state index is 12.5. The van der Waals surface area contributed by atoms with E-state index < -0.39 is 5.91 Å². The molecule has 0 aliphatic heterocycles. The third kappa shape index (κ3) is 6.14. The van der Waals surface area contributed by atoms with Gasteiger partial charge in [-0.3, -0.25) is 4.79 Å². The van der Waals surface area contributed by atoms with Gasteiger partial charge in [-0.15, -0.1) is 0 Å². The second kappa shape index (κ2) is 10.8. The number of carbonyl (C=O) groups is 1. The van der Waals surface area contributed by atoms with E-state index in [1.165, 1.54) is 3.57 Å². The van der Waals surface area contributed by atoms with Gasteiger partial charge < -0.3 is 13.9 Å². The minimum atomic E-state index is -0.447. The van der Waals surface area contributed by atoms with E-state index in [2.05, 4.69) is 49.0 Å². The topological polar surface area (TPSA) is 73.1 Å². The van der Waals surface area contributed by atoms with Crippen LogP contribution in [0, 0.1) is 3.57 Å². The number of hydrazone groups is 1. The summed E-state index contributed by atoms with van der Waals surface area (Å²) in [6.45, 7) is 2.91. The quantitative estimate of drug-likeness (QED) is 0.138. The van der Waals surface area contributed by atoms with E-state index in [1.54, 1.807) is 24.4 Å². The summed E-state index contributed by atoms with van der Waals surface area (Å²) in [7, 11) is 0. The smallest absolute Gasteiger partial charge is 0.307 e. The zero-order valence-electron chi connectivity index (χ0n) is 17.7. The first-order chi connectivity index (χ1) is 16.0. The normalized spacial score (nSPS) is 11.1. The highest BCUT2D eigenvalue weighted by Gasteiger charge is 2.12. The first-order valence-corrected chi connectivity index (χ1v) is 12.1. The van der Waals surface area contributed by atoms with Gasteiger partial charge in [-0.1, -0.05) is 28.1 Å². The molecule has 4 aromatic rings. The number of hydrogen-bond acceptors (Lipinski definition) is 5. The van der Waals surface area contributed by atoms with E-state index in [-0.39, 0.29) is 5.76 Å². The number of amides is 1. The van der Waals surface area contributed by atoms with Crippen molar-refractivity contribution in [3.05, 3.63) is 91.7 Å². The van der Waals surface area contributed by atoms with Gasteiger partial charge in [0.25, 0.3) is 0 Å². The fourth-order valence-corrected chi connectivity index (χ4v) is 3.84. The molecule has 6 nitrogen and oxygen atoms in total. The van der Waals surface area contributed by atoms with Gasteiger partial charge >= 0.3 is 5.91 Å². The van der Waals surface area contributed by atoms with Gasteiger partial charge in [-0.05, 0) is 89.7 Å². The van der Waals surface area contributed by atoms with Gasteiger partial charge in [0.05, 0.1) is 12.8 Å². The zero-order chi connectivity index (χ0) is 23.2. The van der Waals surface area contributed by atoms with Crippen LogP contribution in [0.2, 0.25) is 0 Å². The van der Waals surface area contributed by atoms with Gasteiger partial charge in [0.2, 0.25) is 0 Å². The number of fused-ring (bicyclic) bond motifs is 1. The lowest BCUT2D eigenvalue weighted by Crippen LogP contribution is -2.16. The highest BCUT2D eigenvalue weighted by Crippen LogP contribution is 2.25. The Morgan fingerprint density at radius 2 is 1.91 bits per heavy atom. The molecule has 0 saturated heterocycles. The fraction of sp³-hybridized carbons (Fsp3) is 0.120. The van der Waals surface area contributed by atoms with Crippen LogP contribution in [-0.2, 0) is 6.61 Å². The Morgan fingerprint density at radius 3 is 2.70 bits per heavy atom. The molecule has 4 rings (SSSR count). The summed E-state index contributed by atoms with van der Waals surface area (Å²) in [6.07, 6.45) is 1.54. The van der Waals surface area contributed by atoms with Crippen LogP contribution >= 0.6 is 38.5 Å². The Bertz CT molecular complexity index is 1300. The molecular formula is C25H20BrIN2O4. The third-order valence-corrected chi connectivity index (χ3v) is 5.88. The molecule has 0 atom stereocenters. The van der Waals surface area contributed by atoms with Crippen molar-refractivity contribution in [3.63, 3.8) is 0 Å². The molecule has 33 heavy (non-hydrogen) atoms. The Hall–Kier alpha value is -2.85. The van der Waals surface area contributed by atoms with Crippen molar-refractivity contribution in [2.75, 3.05) is 6.61 Å². The molecule has 1 amide bonds. The average Bonchev–Trinajstić information content (AvgIpc) is 3.23. The van der Waals surface area contributed by atoms with Crippen LogP contribution in [0.25, 0.3) is 11.0 Å². The Balaban J connectivity index is 1.44. The van der Waals surface area contributed by atoms with Crippen molar-refractivity contribution >= 4 is 61.6 Å². The summed E-state index contributed by atoms with van der Waals surface area (Å²) in [5.41, 5.74) is 4.90. The predicted molar refractivity (Wildman–Crippen MR) is 140 cm³/mol. The maximum Gasteiger partial charge on any atom is 0.307 e. The molecule has 3 aromatic carbocycles. The number of hydrogen-bond donors (Lipinski definition) is 1. The van der Waals surface area contributed by atoms with Crippen LogP contribution in [0.4, 0.5) is 0 Å². The van der Waals surface area contributed by atoms with Crippen LogP contribution in [0.5, 0.6) is 11.5 Å². The lowest BCUT2D eigenvalue weighted by Gasteiger charge is -2.10. The first-order valence-electron chi connectivity index (χ1n) is 10.2. The van der Waals surface area contributed by atoms with Gasteiger partial charge in [0.1, 0.15) is 23.7 Å². The number of ether oxygens (including phenoxy) is 2. The van der Waals surface area contributed by atoms with Gasteiger partial charge in [-0.25, -0.2) is 5.43 Å². The molecule has 0 unspecified atom stereocenters. The molecule has 0 bridgehead atoms. The Labute approximate surface area is 213 Å². The van der Waals surface area contributed by atoms with E-state index in [9.17, 15) is 4.79 Å². The maximum atomic E-state index is 12.5. The molecule has 1 N–H and O–H groups in total. The summed E-state index contributed by atoms with van der Waals surface area (Å²) in [5.74, 6) is 1.10. The highest BCUT2D eigenvalue weighted by atomic mass is 127. The summed E-state index contributed by atoms with van der Waals surface area (Å²) in [5, 5.41) is 4.88. The minimum Gasteiger partial charge on any atom is -0.494 e. The monoisotopic (exact) mass is 618 g/mol. The molecule has 168 valence electrons. The van der Waals surface area contributed by atoms with E-state index >= 15 is 0 Å². The van der Waals surface area contributed by atoms with E-state index in [0.717, 1.165) is 26.7 Å².